The van der Waals surface area contributed by atoms with Gasteiger partial charge in [0.1, 0.15) is 42.3 Å². The molecule has 2 aliphatic heterocycles. The fourth-order valence-electron chi connectivity index (χ4n) is 10.7. The number of carbonyl (C=O) groups excluding carboxylic acids is 2. The lowest BCUT2D eigenvalue weighted by Gasteiger charge is -2.32. The number of aromatic nitrogens is 2. The van der Waals surface area contributed by atoms with Crippen LogP contribution >= 0.6 is 47.1 Å². The highest BCUT2D eigenvalue weighted by molar-refractivity contribution is 7.80. The molecule has 458 valence electrons. The zero-order valence-corrected chi connectivity index (χ0v) is 52.0. The third kappa shape index (κ3) is 15.4. The number of morpholine rings is 1. The quantitative estimate of drug-likeness (QED) is 0.0585. The molecule has 2 aliphatic rings. The molecule has 12 rings (SSSR count). The van der Waals surface area contributed by atoms with E-state index >= 15 is 8.78 Å². The molecule has 10 aromatic rings. The number of hydrogen-bond donors (Lipinski definition) is 3. The van der Waals surface area contributed by atoms with Gasteiger partial charge in [0.05, 0.1) is 40.1 Å². The number of nitrogens with zero attached hydrogens (tertiary/aromatic N) is 5. The van der Waals surface area contributed by atoms with E-state index < -0.39 is 29.5 Å². The Bertz CT molecular complexity index is 4150. The van der Waals surface area contributed by atoms with Gasteiger partial charge in [-0.25, -0.2) is 8.78 Å². The number of thiophene rings is 2. The molecule has 2 fully saturated rings. The van der Waals surface area contributed by atoms with Crippen LogP contribution in [0, 0.1) is 11.6 Å². The first-order chi connectivity index (χ1) is 44.0. The summed E-state index contributed by atoms with van der Waals surface area (Å²) in [6.07, 6.45) is 6.85. The van der Waals surface area contributed by atoms with Gasteiger partial charge in [0.15, 0.2) is 33.4 Å². The normalized spacial score (nSPS) is 13.9. The lowest BCUT2D eigenvalue weighted by atomic mass is 10.0. The minimum absolute atomic E-state index is 0.0495. The second kappa shape index (κ2) is 29.2. The fraction of sp³-hybridized carbons (Fsp3) is 0.217. The standard InChI is InChI=1S/C69H62F2N8O7S4/c70-53-41-49(18-24-57(53)85-59-26-28-72-55-43-61(89-65(55)59)46-14-20-51(21-15-46)83-38-34-77-30-8-3-9-31-77)74-68(87)76-67(81)64(48-12-6-2-7-13-48)79(63(80)40-45-10-4-1-5-11-45)69(88)75-50-19-25-58(54(71)42-50)86-60-27-29-73-56-44-62(90-66(56)60)47-16-22-52(23-17-47)84-39-35-78-32-36-82-37-33-78/h1-2,4-7,10-29,41-44,64H,3,8-9,30-40H2,(H,75,88)(H2,74,76,81,87). The molecule has 0 aliphatic carbocycles. The van der Waals surface area contributed by atoms with Crippen molar-refractivity contribution in [1.29, 1.82) is 0 Å². The second-order valence-corrected chi connectivity index (χ2v) is 24.4. The van der Waals surface area contributed by atoms with Crippen LogP contribution in [-0.4, -0.2) is 112 Å². The van der Waals surface area contributed by atoms with Crippen LogP contribution in [0.5, 0.6) is 34.5 Å². The van der Waals surface area contributed by atoms with E-state index in [2.05, 4.69) is 35.7 Å². The van der Waals surface area contributed by atoms with Gasteiger partial charge in [-0.2, -0.15) is 0 Å². The van der Waals surface area contributed by atoms with Gasteiger partial charge in [0.25, 0.3) is 5.91 Å². The van der Waals surface area contributed by atoms with Crippen LogP contribution in [0.1, 0.15) is 36.4 Å². The minimum Gasteiger partial charge on any atom is -0.492 e. The van der Waals surface area contributed by atoms with Crippen LogP contribution in [0.2, 0.25) is 0 Å². The number of pyridine rings is 2. The Hall–Kier alpha value is -8.80. The van der Waals surface area contributed by atoms with Crippen molar-refractivity contribution < 1.29 is 42.1 Å². The van der Waals surface area contributed by atoms with E-state index in [4.69, 9.17) is 48.1 Å². The van der Waals surface area contributed by atoms with Gasteiger partial charge in [-0.15, -0.1) is 22.7 Å². The van der Waals surface area contributed by atoms with Crippen molar-refractivity contribution in [1.82, 2.24) is 30.0 Å². The molecule has 1 unspecified atom stereocenters. The summed E-state index contributed by atoms with van der Waals surface area (Å²) < 4.78 is 63.7. The number of piperidine rings is 1. The average Bonchev–Trinajstić information content (AvgIpc) is 1.71. The lowest BCUT2D eigenvalue weighted by molar-refractivity contribution is -0.135. The number of nitrogens with one attached hydrogen (secondary N) is 3. The summed E-state index contributed by atoms with van der Waals surface area (Å²) >= 11 is 14.6. The van der Waals surface area contributed by atoms with Crippen LogP contribution < -0.4 is 34.9 Å². The number of ether oxygens (including phenoxy) is 5. The van der Waals surface area contributed by atoms with E-state index in [1.807, 2.05) is 66.7 Å². The number of rotatable bonds is 21. The zero-order chi connectivity index (χ0) is 61.8. The van der Waals surface area contributed by atoms with Crippen LogP contribution in [0.15, 0.2) is 182 Å². The van der Waals surface area contributed by atoms with Crippen molar-refractivity contribution in [3.63, 3.8) is 0 Å². The summed E-state index contributed by atoms with van der Waals surface area (Å²) in [5.74, 6) is -0.435. The van der Waals surface area contributed by atoms with Crippen molar-refractivity contribution in [2.45, 2.75) is 31.7 Å². The third-order valence-corrected chi connectivity index (χ3v) is 18.2. The molecule has 2 saturated heterocycles. The Balaban J connectivity index is 0.708. The van der Waals surface area contributed by atoms with Crippen molar-refractivity contribution in [3.8, 4) is 55.4 Å². The molecule has 3 N–H and O–H groups in total. The van der Waals surface area contributed by atoms with Crippen LogP contribution in [-0.2, 0) is 20.7 Å². The molecule has 90 heavy (non-hydrogen) atoms. The van der Waals surface area contributed by atoms with E-state index in [0.717, 1.165) is 99.2 Å². The van der Waals surface area contributed by atoms with E-state index in [1.54, 1.807) is 91.3 Å². The summed E-state index contributed by atoms with van der Waals surface area (Å²) in [5.41, 5.74) is 4.76. The van der Waals surface area contributed by atoms with E-state index in [0.29, 0.717) is 46.9 Å². The third-order valence-electron chi connectivity index (χ3n) is 15.3. The van der Waals surface area contributed by atoms with E-state index in [9.17, 15) is 9.59 Å². The first-order valence-corrected chi connectivity index (χ1v) is 32.0. The van der Waals surface area contributed by atoms with Crippen LogP contribution in [0.25, 0.3) is 41.3 Å². The van der Waals surface area contributed by atoms with Crippen molar-refractivity contribution in [3.05, 3.63) is 205 Å². The van der Waals surface area contributed by atoms with Gasteiger partial charge in [-0.3, -0.25) is 34.3 Å². The van der Waals surface area contributed by atoms with E-state index in [1.165, 1.54) is 66.2 Å². The number of halogens is 2. The molecular weight excluding hydrogens is 1220 g/mol. The highest BCUT2D eigenvalue weighted by Gasteiger charge is 2.35. The van der Waals surface area contributed by atoms with Gasteiger partial charge in [-0.05, 0) is 158 Å². The smallest absolute Gasteiger partial charge is 0.254 e. The first kappa shape index (κ1) is 61.4. The summed E-state index contributed by atoms with van der Waals surface area (Å²) in [6, 6.07) is 47.7. The molecule has 4 aromatic heterocycles. The number of hydrogen-bond acceptors (Lipinski definition) is 15. The molecule has 0 bridgehead atoms. The van der Waals surface area contributed by atoms with Crippen molar-refractivity contribution >= 4 is 101 Å². The number of amides is 2. The number of fused-ring (bicyclic) bond motifs is 2. The van der Waals surface area contributed by atoms with E-state index in [-0.39, 0.29) is 39.5 Å². The largest absolute Gasteiger partial charge is 0.492 e. The topological polar surface area (TPSA) is 152 Å². The Morgan fingerprint density at radius 1 is 0.589 bits per heavy atom. The molecule has 6 heterocycles. The molecule has 1 atom stereocenters. The van der Waals surface area contributed by atoms with Crippen LogP contribution in [0.4, 0.5) is 20.2 Å². The number of thiocarbonyl (C=S) groups is 2. The summed E-state index contributed by atoms with van der Waals surface area (Å²) in [4.78, 5) is 46.4. The van der Waals surface area contributed by atoms with Gasteiger partial charge in [-0.1, -0.05) is 67.1 Å². The number of benzene rings is 6. The summed E-state index contributed by atoms with van der Waals surface area (Å²) in [6.45, 7) is 8.48. The molecule has 21 heteroatoms. The summed E-state index contributed by atoms with van der Waals surface area (Å²) in [7, 11) is 0. The maximum atomic E-state index is 16.3. The van der Waals surface area contributed by atoms with Crippen molar-refractivity contribution in [2.75, 3.05) is 76.3 Å². The maximum Gasteiger partial charge on any atom is 0.254 e. The fourth-order valence-corrected chi connectivity index (χ4v) is 13.4. The second-order valence-electron chi connectivity index (χ2n) is 21.5. The number of likely N-dealkylation sites (tertiary alicyclic amines) is 1. The molecule has 2 amide bonds. The Morgan fingerprint density at radius 3 is 1.63 bits per heavy atom. The van der Waals surface area contributed by atoms with Gasteiger partial charge in [0, 0.05) is 84.0 Å². The zero-order valence-electron chi connectivity index (χ0n) is 48.8. The average molecular weight is 1280 g/mol. The van der Waals surface area contributed by atoms with Gasteiger partial charge >= 0.3 is 0 Å². The highest BCUT2D eigenvalue weighted by Crippen LogP contribution is 2.42. The molecular formula is C69H62F2N8O7S4. The Labute approximate surface area is 538 Å². The molecule has 15 nitrogen and oxygen atoms in total. The molecule has 0 radical (unpaired) electrons. The molecule has 0 spiro atoms. The molecule has 0 saturated carbocycles. The predicted molar refractivity (Wildman–Crippen MR) is 358 cm³/mol. The van der Waals surface area contributed by atoms with Gasteiger partial charge in [0.2, 0.25) is 5.91 Å². The number of carbonyl (C=O) groups is 2. The Kier molecular flexibility index (Phi) is 20.0. The first-order valence-electron chi connectivity index (χ1n) is 29.6. The SMILES string of the molecule is O=C(NC(=S)Nc1ccc(Oc2ccnc3cc(-c4ccc(OCCN5CCCCC5)cc4)sc23)c(F)c1)C(c1ccccc1)N(C(=O)Cc1ccccc1)C(=S)Nc1ccc(Oc2ccnc3cc(-c4ccc(OCCN5CCOCC5)cc4)sc23)c(F)c1. The lowest BCUT2D eigenvalue weighted by Crippen LogP contribution is -2.50. The van der Waals surface area contributed by atoms with Crippen molar-refractivity contribution in [2.24, 2.45) is 0 Å². The Morgan fingerprint density at radius 2 is 1.10 bits per heavy atom. The van der Waals surface area contributed by atoms with Gasteiger partial charge < -0.3 is 39.6 Å². The predicted octanol–water partition coefficient (Wildman–Crippen LogP) is 14.7. The van der Waals surface area contributed by atoms with Crippen LogP contribution in [0.3, 0.4) is 0 Å². The summed E-state index contributed by atoms with van der Waals surface area (Å²) in [5, 5.41) is 8.21. The number of anilines is 2. The monoisotopic (exact) mass is 1280 g/mol. The highest BCUT2D eigenvalue weighted by atomic mass is 32.1. The maximum absolute atomic E-state index is 16.3. The minimum atomic E-state index is -1.41. The molecule has 6 aromatic carbocycles.